The smallest absolute Gasteiger partial charge is 0.323 e. The molecule has 6 heteroatoms. The van der Waals surface area contributed by atoms with E-state index in [-0.39, 0.29) is 6.54 Å². The number of hydrogen-bond acceptors (Lipinski definition) is 2. The average molecular weight is 442 g/mol. The van der Waals surface area contributed by atoms with Crippen molar-refractivity contribution in [2.45, 2.75) is 13.5 Å². The van der Waals surface area contributed by atoms with E-state index in [9.17, 15) is 9.90 Å². The van der Waals surface area contributed by atoms with Gasteiger partial charge in [-0.05, 0) is 65.9 Å². The largest absolute Gasteiger partial charge is 0.480 e. The Bertz CT molecular complexity index is 887. The lowest BCUT2D eigenvalue weighted by molar-refractivity contribution is -0.137. The number of ether oxygens (including phenoxy) is 1. The maximum Gasteiger partial charge on any atom is 0.323 e. The van der Waals surface area contributed by atoms with Gasteiger partial charge in [-0.2, -0.15) is 0 Å². The highest BCUT2D eigenvalue weighted by Gasteiger charge is 2.19. The number of aliphatic carboxylic acids is 1. The first-order chi connectivity index (χ1) is 11.0. The van der Waals surface area contributed by atoms with E-state index in [1.165, 1.54) is 0 Å². The summed E-state index contributed by atoms with van der Waals surface area (Å²) in [6, 6.07) is 12.9. The van der Waals surface area contributed by atoms with Crippen molar-refractivity contribution in [3.05, 3.63) is 56.8 Å². The third-order valence-electron chi connectivity index (χ3n) is 3.57. The predicted octanol–water partition coefficient (Wildman–Crippen LogP) is 5.08. The molecule has 1 N–H and O–H groups in total. The van der Waals surface area contributed by atoms with Crippen molar-refractivity contribution in [2.75, 3.05) is 0 Å². The lowest BCUT2D eigenvalue weighted by atomic mass is 10.2. The molecule has 0 fully saturated rings. The Morgan fingerprint density at radius 2 is 1.96 bits per heavy atom. The second-order valence-electron chi connectivity index (χ2n) is 5.08. The normalized spacial score (nSPS) is 10.9. The van der Waals surface area contributed by atoms with Crippen molar-refractivity contribution < 1.29 is 14.6 Å². The first-order valence-electron chi connectivity index (χ1n) is 6.90. The summed E-state index contributed by atoms with van der Waals surface area (Å²) in [6.07, 6.45) is 0. The number of halogens is 2. The minimum Gasteiger partial charge on any atom is -0.480 e. The first-order valence-corrected chi connectivity index (χ1v) is 8.35. The Hall–Kier alpha value is -1.73. The van der Waals surface area contributed by atoms with Gasteiger partial charge in [-0.25, -0.2) is 0 Å². The highest BCUT2D eigenvalue weighted by molar-refractivity contribution is 14.1. The molecule has 3 aromatic rings. The van der Waals surface area contributed by atoms with Crippen molar-refractivity contribution >= 4 is 51.1 Å². The van der Waals surface area contributed by atoms with Crippen molar-refractivity contribution in [1.82, 2.24) is 4.57 Å². The third-order valence-corrected chi connectivity index (χ3v) is 4.72. The van der Waals surface area contributed by atoms with Gasteiger partial charge in [0.15, 0.2) is 5.75 Å². The van der Waals surface area contributed by atoms with Crippen LogP contribution in [0.4, 0.5) is 0 Å². The molecule has 0 aliphatic carbocycles. The third kappa shape index (κ3) is 3.16. The quantitative estimate of drug-likeness (QED) is 0.574. The molecule has 2 aromatic carbocycles. The molecule has 118 valence electrons. The number of benzene rings is 2. The summed E-state index contributed by atoms with van der Waals surface area (Å²) in [5.74, 6) is 0.446. The number of fused-ring (bicyclic) bond motifs is 1. The molecule has 0 aliphatic heterocycles. The van der Waals surface area contributed by atoms with Crippen LogP contribution < -0.4 is 4.74 Å². The van der Waals surface area contributed by atoms with E-state index < -0.39 is 5.97 Å². The van der Waals surface area contributed by atoms with Gasteiger partial charge in [-0.15, -0.1) is 0 Å². The first kappa shape index (κ1) is 16.1. The molecule has 0 saturated heterocycles. The zero-order chi connectivity index (χ0) is 16.6. The molecule has 3 rings (SSSR count). The Kier molecular flexibility index (Phi) is 4.50. The molecule has 1 heterocycles. The summed E-state index contributed by atoms with van der Waals surface area (Å²) < 4.78 is 8.81. The molecule has 0 radical (unpaired) electrons. The van der Waals surface area contributed by atoms with Crippen molar-refractivity contribution in [2.24, 2.45) is 0 Å². The van der Waals surface area contributed by atoms with Crippen LogP contribution in [-0.4, -0.2) is 15.6 Å². The topological polar surface area (TPSA) is 51.5 Å². The minimum absolute atomic E-state index is 0.105. The number of rotatable bonds is 4. The van der Waals surface area contributed by atoms with Gasteiger partial charge < -0.3 is 14.4 Å². The van der Waals surface area contributed by atoms with E-state index in [1.54, 1.807) is 28.8 Å². The summed E-state index contributed by atoms with van der Waals surface area (Å²) in [6.45, 7) is 1.76. The summed E-state index contributed by atoms with van der Waals surface area (Å²) in [7, 11) is 0. The average Bonchev–Trinajstić information content (AvgIpc) is 2.76. The second-order valence-corrected chi connectivity index (χ2v) is 6.68. The maximum atomic E-state index is 11.2. The number of nitrogens with zero attached hydrogens (tertiary/aromatic N) is 1. The second kappa shape index (κ2) is 6.41. The van der Waals surface area contributed by atoms with Gasteiger partial charge in [0, 0.05) is 8.59 Å². The summed E-state index contributed by atoms with van der Waals surface area (Å²) in [5, 5.41) is 10.7. The Balaban J connectivity index is 2.17. The molecule has 0 unspecified atom stereocenters. The SMILES string of the molecule is Cc1c(Oc2ccc(Cl)cc2)c2c(I)cccc2n1CC(=O)O. The van der Waals surface area contributed by atoms with Gasteiger partial charge >= 0.3 is 5.97 Å². The van der Waals surface area contributed by atoms with Crippen LogP contribution in [0.15, 0.2) is 42.5 Å². The van der Waals surface area contributed by atoms with Gasteiger partial charge in [0.2, 0.25) is 0 Å². The van der Waals surface area contributed by atoms with Crippen LogP contribution in [0, 0.1) is 10.5 Å². The number of aromatic nitrogens is 1. The van der Waals surface area contributed by atoms with Crippen LogP contribution in [0.2, 0.25) is 5.02 Å². The van der Waals surface area contributed by atoms with Gasteiger partial charge in [-0.1, -0.05) is 17.7 Å². The maximum absolute atomic E-state index is 11.2. The molecular formula is C17H13ClINO3. The zero-order valence-corrected chi connectivity index (χ0v) is 15.1. The molecule has 0 atom stereocenters. The minimum atomic E-state index is -0.887. The highest BCUT2D eigenvalue weighted by atomic mass is 127. The lowest BCUT2D eigenvalue weighted by Gasteiger charge is -2.07. The summed E-state index contributed by atoms with van der Waals surface area (Å²) >= 11 is 8.14. The molecule has 0 saturated carbocycles. The molecule has 1 aromatic heterocycles. The summed E-state index contributed by atoms with van der Waals surface area (Å²) in [4.78, 5) is 11.2. The van der Waals surface area contributed by atoms with Crippen LogP contribution in [0.3, 0.4) is 0 Å². The standard InChI is InChI=1S/C17H13ClINO3/c1-10-17(23-12-7-5-11(18)6-8-12)16-13(19)3-2-4-14(16)20(10)9-15(21)22/h2-8H,9H2,1H3,(H,21,22). The van der Waals surface area contributed by atoms with E-state index in [4.69, 9.17) is 16.3 Å². The molecule has 0 spiro atoms. The van der Waals surface area contributed by atoms with Gasteiger partial charge in [0.05, 0.1) is 16.6 Å². The number of carboxylic acids is 1. The number of carboxylic acid groups (broad SMARTS) is 1. The monoisotopic (exact) mass is 441 g/mol. The fourth-order valence-corrected chi connectivity index (χ4v) is 3.39. The van der Waals surface area contributed by atoms with Gasteiger partial charge in [0.25, 0.3) is 0 Å². The van der Waals surface area contributed by atoms with Crippen molar-refractivity contribution in [1.29, 1.82) is 0 Å². The molecular weight excluding hydrogens is 429 g/mol. The van der Waals surface area contributed by atoms with Crippen LogP contribution in [0.25, 0.3) is 10.9 Å². The van der Waals surface area contributed by atoms with E-state index in [0.29, 0.717) is 16.5 Å². The Labute approximate surface area is 151 Å². The van der Waals surface area contributed by atoms with Crippen LogP contribution in [-0.2, 0) is 11.3 Å². The van der Waals surface area contributed by atoms with Crippen LogP contribution in [0.5, 0.6) is 11.5 Å². The van der Waals surface area contributed by atoms with Gasteiger partial charge in [0.1, 0.15) is 12.3 Å². The fourth-order valence-electron chi connectivity index (χ4n) is 2.53. The lowest BCUT2D eigenvalue weighted by Crippen LogP contribution is -2.09. The van der Waals surface area contributed by atoms with E-state index in [1.807, 2.05) is 25.1 Å². The van der Waals surface area contributed by atoms with Crippen LogP contribution >= 0.6 is 34.2 Å². The number of carbonyl (C=O) groups is 1. The van der Waals surface area contributed by atoms with E-state index in [2.05, 4.69) is 22.6 Å². The van der Waals surface area contributed by atoms with Gasteiger partial charge in [-0.3, -0.25) is 4.79 Å². The molecule has 0 aliphatic rings. The number of hydrogen-bond donors (Lipinski definition) is 1. The highest BCUT2D eigenvalue weighted by Crippen LogP contribution is 2.38. The Morgan fingerprint density at radius 3 is 2.61 bits per heavy atom. The Morgan fingerprint density at radius 1 is 1.26 bits per heavy atom. The molecule has 23 heavy (non-hydrogen) atoms. The zero-order valence-electron chi connectivity index (χ0n) is 12.2. The predicted molar refractivity (Wildman–Crippen MR) is 98.6 cm³/mol. The fraction of sp³-hybridized carbons (Fsp3) is 0.118. The molecule has 4 nitrogen and oxygen atoms in total. The van der Waals surface area contributed by atoms with E-state index >= 15 is 0 Å². The van der Waals surface area contributed by atoms with E-state index in [0.717, 1.165) is 20.2 Å². The summed E-state index contributed by atoms with van der Waals surface area (Å²) in [5.41, 5.74) is 1.63. The van der Waals surface area contributed by atoms with Crippen molar-refractivity contribution in [3.8, 4) is 11.5 Å². The van der Waals surface area contributed by atoms with Crippen molar-refractivity contribution in [3.63, 3.8) is 0 Å². The van der Waals surface area contributed by atoms with Crippen LogP contribution in [0.1, 0.15) is 5.69 Å². The molecule has 0 amide bonds. The molecule has 0 bridgehead atoms.